The number of carbonyl (C=O) groups excluding carboxylic acids is 2. The van der Waals surface area contributed by atoms with Gasteiger partial charge in [0, 0.05) is 6.54 Å². The molecule has 0 bridgehead atoms. The molecule has 0 aliphatic carbocycles. The number of hydrogen-bond acceptors (Lipinski definition) is 4. The SMILES string of the molecule is CCOC(=O)C1CCCN1C(=O)N[C@H](CC)C(=O)O. The Morgan fingerprint density at radius 3 is 2.63 bits per heavy atom. The van der Waals surface area contributed by atoms with Gasteiger partial charge in [-0.05, 0) is 26.2 Å². The molecule has 2 atom stereocenters. The molecule has 1 unspecified atom stereocenters. The van der Waals surface area contributed by atoms with Gasteiger partial charge >= 0.3 is 18.0 Å². The number of carboxylic acid groups (broad SMARTS) is 1. The monoisotopic (exact) mass is 272 g/mol. The molecule has 1 saturated heterocycles. The minimum atomic E-state index is -1.08. The van der Waals surface area contributed by atoms with E-state index in [1.807, 2.05) is 0 Å². The Morgan fingerprint density at radius 1 is 1.42 bits per heavy atom. The molecule has 0 aromatic carbocycles. The van der Waals surface area contributed by atoms with Gasteiger partial charge in [0.1, 0.15) is 12.1 Å². The van der Waals surface area contributed by atoms with Gasteiger partial charge in [-0.25, -0.2) is 14.4 Å². The zero-order chi connectivity index (χ0) is 14.4. The van der Waals surface area contributed by atoms with Crippen LogP contribution in [0.3, 0.4) is 0 Å². The van der Waals surface area contributed by atoms with E-state index in [4.69, 9.17) is 9.84 Å². The number of amides is 2. The van der Waals surface area contributed by atoms with Crippen molar-refractivity contribution in [3.63, 3.8) is 0 Å². The lowest BCUT2D eigenvalue weighted by Crippen LogP contribution is -2.51. The van der Waals surface area contributed by atoms with Gasteiger partial charge in [0.15, 0.2) is 0 Å². The van der Waals surface area contributed by atoms with Crippen LogP contribution in [0.15, 0.2) is 0 Å². The predicted octanol–water partition coefficient (Wildman–Crippen LogP) is 0.587. The topological polar surface area (TPSA) is 95.9 Å². The molecule has 2 N–H and O–H groups in total. The summed E-state index contributed by atoms with van der Waals surface area (Å²) >= 11 is 0. The van der Waals surface area contributed by atoms with Crippen molar-refractivity contribution in [2.75, 3.05) is 13.2 Å². The van der Waals surface area contributed by atoms with E-state index in [1.54, 1.807) is 13.8 Å². The molecular formula is C12H20N2O5. The fourth-order valence-corrected chi connectivity index (χ4v) is 2.06. The number of urea groups is 1. The molecule has 0 radical (unpaired) electrons. The number of nitrogens with one attached hydrogen (secondary N) is 1. The molecule has 1 heterocycles. The summed E-state index contributed by atoms with van der Waals surface area (Å²) in [6.45, 7) is 4.07. The fraction of sp³-hybridized carbons (Fsp3) is 0.750. The Morgan fingerprint density at radius 2 is 2.11 bits per heavy atom. The van der Waals surface area contributed by atoms with E-state index < -0.39 is 30.1 Å². The lowest BCUT2D eigenvalue weighted by molar-refractivity contribution is -0.147. The molecule has 1 aliphatic rings. The average molecular weight is 272 g/mol. The molecule has 0 aromatic heterocycles. The second-order valence-electron chi connectivity index (χ2n) is 4.35. The molecular weight excluding hydrogens is 252 g/mol. The number of esters is 1. The maximum Gasteiger partial charge on any atom is 0.328 e. The van der Waals surface area contributed by atoms with Crippen LogP contribution < -0.4 is 5.32 Å². The third-order valence-corrected chi connectivity index (χ3v) is 3.08. The minimum Gasteiger partial charge on any atom is -0.480 e. The van der Waals surface area contributed by atoms with E-state index in [9.17, 15) is 14.4 Å². The Kier molecular flexibility index (Phi) is 5.59. The van der Waals surface area contributed by atoms with Crippen molar-refractivity contribution in [3.8, 4) is 0 Å². The highest BCUT2D eigenvalue weighted by Gasteiger charge is 2.36. The minimum absolute atomic E-state index is 0.261. The molecule has 7 heteroatoms. The second kappa shape index (κ2) is 6.96. The van der Waals surface area contributed by atoms with Gasteiger partial charge in [0.2, 0.25) is 0 Å². The highest BCUT2D eigenvalue weighted by molar-refractivity contribution is 5.87. The van der Waals surface area contributed by atoms with Gasteiger partial charge in [-0.2, -0.15) is 0 Å². The van der Waals surface area contributed by atoms with Crippen LogP contribution in [0, 0.1) is 0 Å². The Bertz CT molecular complexity index is 358. The summed E-state index contributed by atoms with van der Waals surface area (Å²) in [6, 6.07) is -2.06. The number of rotatable bonds is 5. The first-order valence-corrected chi connectivity index (χ1v) is 6.47. The molecule has 19 heavy (non-hydrogen) atoms. The van der Waals surface area contributed by atoms with Crippen molar-refractivity contribution in [2.24, 2.45) is 0 Å². The Hall–Kier alpha value is -1.79. The second-order valence-corrected chi connectivity index (χ2v) is 4.35. The standard InChI is InChI=1S/C12H20N2O5/c1-3-8(10(15)16)13-12(18)14-7-5-6-9(14)11(17)19-4-2/h8-9H,3-7H2,1-2H3,(H,13,18)(H,15,16)/t8-,9?/m1/s1. The fourth-order valence-electron chi connectivity index (χ4n) is 2.06. The number of likely N-dealkylation sites (tertiary alicyclic amines) is 1. The normalized spacial score (nSPS) is 19.9. The van der Waals surface area contributed by atoms with Crippen molar-refractivity contribution in [3.05, 3.63) is 0 Å². The third kappa shape index (κ3) is 3.84. The number of carbonyl (C=O) groups is 3. The number of aliphatic carboxylic acids is 1. The summed E-state index contributed by atoms with van der Waals surface area (Å²) < 4.78 is 4.91. The van der Waals surface area contributed by atoms with Gasteiger partial charge in [0.25, 0.3) is 0 Å². The molecule has 0 spiro atoms. The van der Waals surface area contributed by atoms with Gasteiger partial charge in [-0.3, -0.25) is 0 Å². The van der Waals surface area contributed by atoms with E-state index in [0.717, 1.165) is 0 Å². The highest BCUT2D eigenvalue weighted by atomic mass is 16.5. The summed E-state index contributed by atoms with van der Waals surface area (Å²) in [5.41, 5.74) is 0. The highest BCUT2D eigenvalue weighted by Crippen LogP contribution is 2.18. The molecule has 2 amide bonds. The molecule has 7 nitrogen and oxygen atoms in total. The number of carboxylic acids is 1. The molecule has 0 aromatic rings. The van der Waals surface area contributed by atoms with Crippen molar-refractivity contribution in [1.29, 1.82) is 0 Å². The zero-order valence-corrected chi connectivity index (χ0v) is 11.2. The van der Waals surface area contributed by atoms with Crippen LogP contribution in [-0.4, -0.2) is 53.2 Å². The van der Waals surface area contributed by atoms with Gasteiger partial charge < -0.3 is 20.1 Å². The van der Waals surface area contributed by atoms with Gasteiger partial charge in [0.05, 0.1) is 6.61 Å². The summed E-state index contributed by atoms with van der Waals surface area (Å²) in [4.78, 5) is 35.9. The summed E-state index contributed by atoms with van der Waals surface area (Å²) in [7, 11) is 0. The molecule has 1 rings (SSSR count). The summed E-state index contributed by atoms with van der Waals surface area (Å²) in [5, 5.41) is 11.3. The number of nitrogens with zero attached hydrogens (tertiary/aromatic N) is 1. The van der Waals surface area contributed by atoms with Crippen molar-refractivity contribution in [2.45, 2.75) is 45.2 Å². The largest absolute Gasteiger partial charge is 0.480 e. The lowest BCUT2D eigenvalue weighted by atomic mass is 10.2. The smallest absolute Gasteiger partial charge is 0.328 e. The van der Waals surface area contributed by atoms with Gasteiger partial charge in [-0.1, -0.05) is 6.92 Å². The van der Waals surface area contributed by atoms with Crippen molar-refractivity contribution in [1.82, 2.24) is 10.2 Å². The molecule has 108 valence electrons. The molecule has 1 fully saturated rings. The summed E-state index contributed by atoms with van der Waals surface area (Å²) in [6.07, 6.45) is 1.55. The summed E-state index contributed by atoms with van der Waals surface area (Å²) in [5.74, 6) is -1.51. The van der Waals surface area contributed by atoms with Crippen LogP contribution in [0.2, 0.25) is 0 Å². The van der Waals surface area contributed by atoms with Crippen molar-refractivity contribution >= 4 is 18.0 Å². The average Bonchev–Trinajstić information content (AvgIpc) is 2.84. The van der Waals surface area contributed by atoms with Crippen LogP contribution in [-0.2, 0) is 14.3 Å². The van der Waals surface area contributed by atoms with Gasteiger partial charge in [-0.15, -0.1) is 0 Å². The van der Waals surface area contributed by atoms with E-state index in [1.165, 1.54) is 4.90 Å². The maximum atomic E-state index is 12.0. The Labute approximate surface area is 111 Å². The van der Waals surface area contributed by atoms with Crippen LogP contribution in [0.25, 0.3) is 0 Å². The zero-order valence-electron chi connectivity index (χ0n) is 11.2. The predicted molar refractivity (Wildman–Crippen MR) is 66.6 cm³/mol. The third-order valence-electron chi connectivity index (χ3n) is 3.08. The van der Waals surface area contributed by atoms with Crippen LogP contribution in [0.5, 0.6) is 0 Å². The Balaban J connectivity index is 2.64. The lowest BCUT2D eigenvalue weighted by Gasteiger charge is -2.25. The van der Waals surface area contributed by atoms with Crippen LogP contribution in [0.1, 0.15) is 33.1 Å². The number of ether oxygens (including phenoxy) is 1. The van der Waals surface area contributed by atoms with E-state index in [-0.39, 0.29) is 6.61 Å². The van der Waals surface area contributed by atoms with E-state index in [2.05, 4.69) is 5.32 Å². The quantitative estimate of drug-likeness (QED) is 0.714. The van der Waals surface area contributed by atoms with Crippen LogP contribution >= 0.6 is 0 Å². The van der Waals surface area contributed by atoms with Crippen molar-refractivity contribution < 1.29 is 24.2 Å². The first kappa shape index (κ1) is 15.3. The molecule has 1 aliphatic heterocycles. The van der Waals surface area contributed by atoms with E-state index in [0.29, 0.717) is 25.8 Å². The molecule has 0 saturated carbocycles. The first-order valence-electron chi connectivity index (χ1n) is 6.47. The number of hydrogen-bond donors (Lipinski definition) is 2. The van der Waals surface area contributed by atoms with E-state index >= 15 is 0 Å². The first-order chi connectivity index (χ1) is 9.01. The van der Waals surface area contributed by atoms with Crippen LogP contribution in [0.4, 0.5) is 4.79 Å². The maximum absolute atomic E-state index is 12.0.